The Morgan fingerprint density at radius 1 is 1.04 bits per heavy atom. The molecule has 2 fully saturated rings. The third kappa shape index (κ3) is 4.02. The van der Waals surface area contributed by atoms with Gasteiger partial charge >= 0.3 is 0 Å². The van der Waals surface area contributed by atoms with Crippen molar-refractivity contribution in [3.05, 3.63) is 66.0 Å². The minimum Gasteiger partial charge on any atom is -0.342 e. The zero-order chi connectivity index (χ0) is 18.6. The van der Waals surface area contributed by atoms with Crippen LogP contribution in [0.25, 0.3) is 0 Å². The summed E-state index contributed by atoms with van der Waals surface area (Å²) in [5.41, 5.74) is 2.42. The van der Waals surface area contributed by atoms with E-state index in [-0.39, 0.29) is 17.7 Å². The van der Waals surface area contributed by atoms with Gasteiger partial charge in [-0.1, -0.05) is 30.3 Å². The highest BCUT2D eigenvalue weighted by Crippen LogP contribution is 2.30. The molecule has 1 aromatic carbocycles. The number of hydrogen-bond acceptors (Lipinski definition) is 3. The van der Waals surface area contributed by atoms with Crippen LogP contribution in [0.2, 0.25) is 0 Å². The van der Waals surface area contributed by atoms with E-state index >= 15 is 0 Å². The summed E-state index contributed by atoms with van der Waals surface area (Å²) >= 11 is 0. The summed E-state index contributed by atoms with van der Waals surface area (Å²) < 4.78 is 0. The molecule has 5 nitrogen and oxygen atoms in total. The minimum absolute atomic E-state index is 0.0735. The van der Waals surface area contributed by atoms with Crippen molar-refractivity contribution < 1.29 is 9.59 Å². The van der Waals surface area contributed by atoms with Crippen LogP contribution in [0.15, 0.2) is 54.9 Å². The number of rotatable bonds is 4. The number of amides is 2. The summed E-state index contributed by atoms with van der Waals surface area (Å²) in [5, 5.41) is 0. The summed E-state index contributed by atoms with van der Waals surface area (Å²) in [7, 11) is 0. The average molecular weight is 363 g/mol. The zero-order valence-electron chi connectivity index (χ0n) is 15.5. The number of hydrogen-bond donors (Lipinski definition) is 0. The lowest BCUT2D eigenvalue weighted by Crippen LogP contribution is -2.42. The minimum atomic E-state index is -0.201. The number of pyridine rings is 1. The largest absolute Gasteiger partial charge is 0.342 e. The Morgan fingerprint density at radius 2 is 1.74 bits per heavy atom. The topological polar surface area (TPSA) is 53.5 Å². The molecule has 2 saturated heterocycles. The first-order valence-corrected chi connectivity index (χ1v) is 9.71. The van der Waals surface area contributed by atoms with Crippen molar-refractivity contribution in [3.63, 3.8) is 0 Å². The van der Waals surface area contributed by atoms with Gasteiger partial charge in [-0.25, -0.2) is 0 Å². The lowest BCUT2D eigenvalue weighted by atomic mass is 9.89. The maximum atomic E-state index is 12.9. The van der Waals surface area contributed by atoms with Gasteiger partial charge in [0.2, 0.25) is 11.8 Å². The van der Waals surface area contributed by atoms with Crippen molar-refractivity contribution in [2.24, 2.45) is 5.92 Å². The zero-order valence-corrected chi connectivity index (χ0v) is 15.5. The molecule has 5 heteroatoms. The number of aromatic nitrogens is 1. The van der Waals surface area contributed by atoms with Gasteiger partial charge in [-0.15, -0.1) is 0 Å². The SMILES string of the molecule is O=C1CC(C(=O)N2CCC(c3ccccc3)CC2)CN1Cc1ccncc1. The van der Waals surface area contributed by atoms with E-state index in [1.807, 2.05) is 23.1 Å². The summed E-state index contributed by atoms with van der Waals surface area (Å²) in [6.45, 7) is 2.65. The summed E-state index contributed by atoms with van der Waals surface area (Å²) in [6.07, 6.45) is 5.79. The number of piperidine rings is 1. The van der Waals surface area contributed by atoms with Crippen LogP contribution in [0, 0.1) is 5.92 Å². The molecule has 4 rings (SSSR count). The van der Waals surface area contributed by atoms with Gasteiger partial charge in [-0.05, 0) is 42.0 Å². The quantitative estimate of drug-likeness (QED) is 0.839. The van der Waals surface area contributed by atoms with E-state index in [4.69, 9.17) is 0 Å². The van der Waals surface area contributed by atoms with Crippen LogP contribution in [-0.4, -0.2) is 46.2 Å². The fraction of sp³-hybridized carbons (Fsp3) is 0.409. The van der Waals surface area contributed by atoms with Crippen LogP contribution >= 0.6 is 0 Å². The Balaban J connectivity index is 1.32. The second-order valence-corrected chi connectivity index (χ2v) is 7.54. The van der Waals surface area contributed by atoms with E-state index in [2.05, 4.69) is 29.2 Å². The third-order valence-electron chi connectivity index (χ3n) is 5.76. The van der Waals surface area contributed by atoms with Gasteiger partial charge in [0.1, 0.15) is 0 Å². The van der Waals surface area contributed by atoms with E-state index in [1.54, 1.807) is 17.3 Å². The molecule has 2 aliphatic heterocycles. The van der Waals surface area contributed by atoms with Crippen LogP contribution in [-0.2, 0) is 16.1 Å². The molecule has 0 spiro atoms. The van der Waals surface area contributed by atoms with E-state index in [0.29, 0.717) is 25.4 Å². The first kappa shape index (κ1) is 17.7. The fourth-order valence-electron chi connectivity index (χ4n) is 4.22. The maximum Gasteiger partial charge on any atom is 0.227 e. The van der Waals surface area contributed by atoms with E-state index < -0.39 is 0 Å². The molecule has 2 aromatic rings. The van der Waals surface area contributed by atoms with Gasteiger partial charge < -0.3 is 9.80 Å². The fourth-order valence-corrected chi connectivity index (χ4v) is 4.22. The number of nitrogens with zero attached hydrogens (tertiary/aromatic N) is 3. The second kappa shape index (κ2) is 7.91. The van der Waals surface area contributed by atoms with Gasteiger partial charge in [0.05, 0.1) is 5.92 Å². The van der Waals surface area contributed by atoms with Crippen molar-refractivity contribution in [1.29, 1.82) is 0 Å². The van der Waals surface area contributed by atoms with Crippen molar-refractivity contribution in [1.82, 2.24) is 14.8 Å². The van der Waals surface area contributed by atoms with Crippen molar-refractivity contribution in [2.75, 3.05) is 19.6 Å². The van der Waals surface area contributed by atoms with Crippen LogP contribution in [0.3, 0.4) is 0 Å². The Labute approximate surface area is 160 Å². The van der Waals surface area contributed by atoms with Gasteiger partial charge in [-0.3, -0.25) is 14.6 Å². The molecule has 2 aliphatic rings. The molecule has 1 unspecified atom stereocenters. The highest BCUT2D eigenvalue weighted by atomic mass is 16.2. The van der Waals surface area contributed by atoms with Gasteiger partial charge in [-0.2, -0.15) is 0 Å². The molecule has 27 heavy (non-hydrogen) atoms. The molecule has 0 aliphatic carbocycles. The Bertz CT molecular complexity index is 786. The number of likely N-dealkylation sites (tertiary alicyclic amines) is 2. The van der Waals surface area contributed by atoms with E-state index in [9.17, 15) is 9.59 Å². The van der Waals surface area contributed by atoms with Crippen LogP contribution < -0.4 is 0 Å². The second-order valence-electron chi connectivity index (χ2n) is 7.54. The van der Waals surface area contributed by atoms with Crippen molar-refractivity contribution in [3.8, 4) is 0 Å². The normalized spacial score (nSPS) is 20.9. The predicted molar refractivity (Wildman–Crippen MR) is 103 cm³/mol. The highest BCUT2D eigenvalue weighted by Gasteiger charge is 2.37. The van der Waals surface area contributed by atoms with Crippen molar-refractivity contribution in [2.45, 2.75) is 31.7 Å². The van der Waals surface area contributed by atoms with Crippen LogP contribution in [0.5, 0.6) is 0 Å². The van der Waals surface area contributed by atoms with Gasteiger partial charge in [0, 0.05) is 45.0 Å². The van der Waals surface area contributed by atoms with Gasteiger partial charge in [0.25, 0.3) is 0 Å². The Hall–Kier alpha value is -2.69. The molecule has 1 atom stereocenters. The van der Waals surface area contributed by atoms with Crippen LogP contribution in [0.4, 0.5) is 0 Å². The average Bonchev–Trinajstić information content (AvgIpc) is 3.09. The molecular weight excluding hydrogens is 338 g/mol. The Morgan fingerprint density at radius 3 is 2.44 bits per heavy atom. The third-order valence-corrected chi connectivity index (χ3v) is 5.76. The first-order chi connectivity index (χ1) is 13.2. The predicted octanol–water partition coefficient (Wildman–Crippen LogP) is 2.84. The lowest BCUT2D eigenvalue weighted by Gasteiger charge is -2.33. The number of benzene rings is 1. The molecule has 2 amide bonds. The smallest absolute Gasteiger partial charge is 0.227 e. The molecule has 140 valence electrons. The van der Waals surface area contributed by atoms with E-state index in [1.165, 1.54) is 5.56 Å². The summed E-state index contributed by atoms with van der Waals surface area (Å²) in [4.78, 5) is 33.0. The van der Waals surface area contributed by atoms with Gasteiger partial charge in [0.15, 0.2) is 0 Å². The standard InChI is InChI=1S/C22H25N3O2/c26-21-14-20(16-25(21)15-17-6-10-23-11-7-17)22(27)24-12-8-19(9-13-24)18-4-2-1-3-5-18/h1-7,10-11,19-20H,8-9,12-16H2. The molecule has 3 heterocycles. The number of carbonyl (C=O) groups excluding carboxylic acids is 2. The maximum absolute atomic E-state index is 12.9. The monoisotopic (exact) mass is 363 g/mol. The molecule has 0 bridgehead atoms. The molecule has 1 aromatic heterocycles. The first-order valence-electron chi connectivity index (χ1n) is 9.71. The molecule has 0 saturated carbocycles. The summed E-state index contributed by atoms with van der Waals surface area (Å²) in [5.74, 6) is 0.549. The number of carbonyl (C=O) groups is 2. The van der Waals surface area contributed by atoms with Crippen molar-refractivity contribution >= 4 is 11.8 Å². The van der Waals surface area contributed by atoms with Crippen LogP contribution in [0.1, 0.15) is 36.3 Å². The lowest BCUT2D eigenvalue weighted by molar-refractivity contribution is -0.136. The Kier molecular flexibility index (Phi) is 5.19. The highest BCUT2D eigenvalue weighted by molar-refractivity contribution is 5.89. The molecule has 0 radical (unpaired) electrons. The molecule has 0 N–H and O–H groups in total. The molecular formula is C22H25N3O2. The summed E-state index contributed by atoms with van der Waals surface area (Å²) in [6, 6.07) is 14.4. The van der Waals surface area contributed by atoms with E-state index in [0.717, 1.165) is 31.5 Å².